The Kier molecular flexibility index (Phi) is 3.70. The summed E-state index contributed by atoms with van der Waals surface area (Å²) in [6, 6.07) is 9.04. The van der Waals surface area contributed by atoms with Gasteiger partial charge in [0.15, 0.2) is 0 Å². The predicted molar refractivity (Wildman–Crippen MR) is 68.5 cm³/mol. The molecule has 0 radical (unpaired) electrons. The Hall–Kier alpha value is -1.19. The van der Waals surface area contributed by atoms with Gasteiger partial charge in [-0.1, -0.05) is 12.1 Å². The van der Waals surface area contributed by atoms with Crippen LogP contribution >= 0.6 is 11.3 Å². The van der Waals surface area contributed by atoms with E-state index in [2.05, 4.69) is 47.7 Å². The fraction of sp³-hybridized carbons (Fsp3) is 0.308. The highest BCUT2D eigenvalue weighted by atomic mass is 32.1. The number of hydrogen-bond acceptors (Lipinski definition) is 3. The topological polar surface area (TPSA) is 24.9 Å². The molecular formula is C13H16N2S. The molecule has 2 rings (SSSR count). The highest BCUT2D eigenvalue weighted by Gasteiger charge is 2.11. The van der Waals surface area contributed by atoms with Gasteiger partial charge in [-0.05, 0) is 36.9 Å². The molecule has 0 aromatic carbocycles. The van der Waals surface area contributed by atoms with Gasteiger partial charge in [0.25, 0.3) is 0 Å². The summed E-state index contributed by atoms with van der Waals surface area (Å²) in [6.07, 6.45) is 3.72. The monoisotopic (exact) mass is 232 g/mol. The Bertz CT molecular complexity index is 411. The number of thiophene rings is 1. The van der Waals surface area contributed by atoms with Crippen molar-refractivity contribution in [1.82, 2.24) is 10.3 Å². The molecule has 2 atom stereocenters. The Morgan fingerprint density at radius 2 is 2.06 bits per heavy atom. The average Bonchev–Trinajstić information content (AvgIpc) is 2.83. The van der Waals surface area contributed by atoms with Crippen LogP contribution in [-0.2, 0) is 0 Å². The lowest BCUT2D eigenvalue weighted by Gasteiger charge is -2.19. The second-order valence-corrected chi connectivity index (χ2v) is 4.89. The molecule has 0 amide bonds. The standard InChI is InChI=1S/C13H16N2S/c1-10(12-5-3-7-14-9-12)15-11(2)13-6-4-8-16-13/h3-11,15H,1-2H3/t10-,11?/m0/s1. The van der Waals surface area contributed by atoms with E-state index in [0.717, 1.165) is 0 Å². The van der Waals surface area contributed by atoms with Crippen LogP contribution in [0.3, 0.4) is 0 Å². The number of pyridine rings is 1. The van der Waals surface area contributed by atoms with Gasteiger partial charge in [-0.3, -0.25) is 4.98 Å². The van der Waals surface area contributed by atoms with Gasteiger partial charge in [0.2, 0.25) is 0 Å². The summed E-state index contributed by atoms with van der Waals surface area (Å²) in [6.45, 7) is 4.36. The SMILES string of the molecule is CC(N[C@@H](C)c1cccnc1)c1cccs1. The van der Waals surface area contributed by atoms with Crippen LogP contribution in [0.4, 0.5) is 0 Å². The number of nitrogens with one attached hydrogen (secondary N) is 1. The lowest BCUT2D eigenvalue weighted by atomic mass is 10.1. The Morgan fingerprint density at radius 1 is 1.19 bits per heavy atom. The van der Waals surface area contributed by atoms with Gasteiger partial charge in [-0.2, -0.15) is 0 Å². The van der Waals surface area contributed by atoms with E-state index in [1.165, 1.54) is 10.4 Å². The van der Waals surface area contributed by atoms with Gasteiger partial charge in [0, 0.05) is 29.4 Å². The first-order valence-electron chi connectivity index (χ1n) is 5.46. The van der Waals surface area contributed by atoms with E-state index >= 15 is 0 Å². The number of hydrogen-bond donors (Lipinski definition) is 1. The van der Waals surface area contributed by atoms with Crippen molar-refractivity contribution < 1.29 is 0 Å². The van der Waals surface area contributed by atoms with E-state index in [-0.39, 0.29) is 0 Å². The predicted octanol–water partition coefficient (Wildman–Crippen LogP) is 3.55. The second-order valence-electron chi connectivity index (χ2n) is 3.91. The van der Waals surface area contributed by atoms with E-state index in [1.54, 1.807) is 17.5 Å². The molecule has 0 saturated heterocycles. The molecule has 0 spiro atoms. The fourth-order valence-electron chi connectivity index (χ4n) is 1.72. The molecule has 0 bridgehead atoms. The maximum Gasteiger partial charge on any atom is 0.0391 e. The maximum absolute atomic E-state index is 4.14. The smallest absolute Gasteiger partial charge is 0.0391 e. The van der Waals surface area contributed by atoms with Crippen molar-refractivity contribution in [3.05, 3.63) is 52.5 Å². The van der Waals surface area contributed by atoms with E-state index in [1.807, 2.05) is 12.3 Å². The summed E-state index contributed by atoms with van der Waals surface area (Å²) >= 11 is 1.79. The fourth-order valence-corrected chi connectivity index (χ4v) is 2.47. The summed E-state index contributed by atoms with van der Waals surface area (Å²) in [7, 11) is 0. The summed E-state index contributed by atoms with van der Waals surface area (Å²) in [5.41, 5.74) is 1.23. The third-order valence-electron chi connectivity index (χ3n) is 2.65. The van der Waals surface area contributed by atoms with Gasteiger partial charge >= 0.3 is 0 Å². The molecule has 2 aromatic heterocycles. The highest BCUT2D eigenvalue weighted by molar-refractivity contribution is 7.10. The van der Waals surface area contributed by atoms with Crippen molar-refractivity contribution in [3.8, 4) is 0 Å². The third-order valence-corrected chi connectivity index (χ3v) is 3.71. The number of nitrogens with zero attached hydrogens (tertiary/aromatic N) is 1. The van der Waals surface area contributed by atoms with Crippen LogP contribution in [0, 0.1) is 0 Å². The van der Waals surface area contributed by atoms with Gasteiger partial charge in [0.1, 0.15) is 0 Å². The van der Waals surface area contributed by atoms with Crippen molar-refractivity contribution in [2.24, 2.45) is 0 Å². The summed E-state index contributed by atoms with van der Waals surface area (Å²) in [5.74, 6) is 0. The molecule has 0 fully saturated rings. The van der Waals surface area contributed by atoms with E-state index in [0.29, 0.717) is 12.1 Å². The van der Waals surface area contributed by atoms with Gasteiger partial charge in [0.05, 0.1) is 0 Å². The molecule has 3 heteroatoms. The zero-order chi connectivity index (χ0) is 11.4. The minimum absolute atomic E-state index is 0.325. The van der Waals surface area contributed by atoms with Crippen molar-refractivity contribution in [2.45, 2.75) is 25.9 Å². The molecule has 1 unspecified atom stereocenters. The normalized spacial score (nSPS) is 14.6. The Morgan fingerprint density at radius 3 is 2.69 bits per heavy atom. The molecule has 2 nitrogen and oxygen atoms in total. The highest BCUT2D eigenvalue weighted by Crippen LogP contribution is 2.22. The molecule has 2 aromatic rings. The van der Waals surface area contributed by atoms with E-state index in [4.69, 9.17) is 0 Å². The Balaban J connectivity index is 2.00. The van der Waals surface area contributed by atoms with Crippen molar-refractivity contribution in [3.63, 3.8) is 0 Å². The number of aromatic nitrogens is 1. The van der Waals surface area contributed by atoms with Crippen LogP contribution in [0.2, 0.25) is 0 Å². The minimum Gasteiger partial charge on any atom is -0.303 e. The first kappa shape index (κ1) is 11.3. The lowest BCUT2D eigenvalue weighted by Crippen LogP contribution is -2.21. The summed E-state index contributed by atoms with van der Waals surface area (Å²) in [5, 5.41) is 5.68. The molecule has 0 aliphatic heterocycles. The molecule has 0 aliphatic carbocycles. The maximum atomic E-state index is 4.14. The lowest BCUT2D eigenvalue weighted by molar-refractivity contribution is 0.499. The largest absolute Gasteiger partial charge is 0.303 e. The van der Waals surface area contributed by atoms with Crippen LogP contribution in [0.25, 0.3) is 0 Å². The van der Waals surface area contributed by atoms with Crippen molar-refractivity contribution >= 4 is 11.3 Å². The first-order chi connectivity index (χ1) is 7.77. The third kappa shape index (κ3) is 2.68. The molecule has 2 heterocycles. The second kappa shape index (κ2) is 5.23. The van der Waals surface area contributed by atoms with Crippen LogP contribution in [0.5, 0.6) is 0 Å². The average molecular weight is 232 g/mol. The zero-order valence-electron chi connectivity index (χ0n) is 9.55. The Labute approximate surface area is 100 Å². The molecular weight excluding hydrogens is 216 g/mol. The first-order valence-corrected chi connectivity index (χ1v) is 6.34. The van der Waals surface area contributed by atoms with Crippen LogP contribution in [0.1, 0.15) is 36.4 Å². The quantitative estimate of drug-likeness (QED) is 0.872. The molecule has 0 aliphatic rings. The molecule has 0 saturated carbocycles. The van der Waals surface area contributed by atoms with Gasteiger partial charge < -0.3 is 5.32 Å². The van der Waals surface area contributed by atoms with E-state index in [9.17, 15) is 0 Å². The molecule has 16 heavy (non-hydrogen) atoms. The minimum atomic E-state index is 0.325. The van der Waals surface area contributed by atoms with E-state index < -0.39 is 0 Å². The van der Waals surface area contributed by atoms with Crippen LogP contribution in [0.15, 0.2) is 42.0 Å². The summed E-state index contributed by atoms with van der Waals surface area (Å²) in [4.78, 5) is 5.51. The summed E-state index contributed by atoms with van der Waals surface area (Å²) < 4.78 is 0. The van der Waals surface area contributed by atoms with Crippen molar-refractivity contribution in [2.75, 3.05) is 0 Å². The number of rotatable bonds is 4. The molecule has 1 N–H and O–H groups in total. The van der Waals surface area contributed by atoms with Crippen LogP contribution < -0.4 is 5.32 Å². The van der Waals surface area contributed by atoms with Gasteiger partial charge in [-0.25, -0.2) is 0 Å². The van der Waals surface area contributed by atoms with Crippen LogP contribution in [-0.4, -0.2) is 4.98 Å². The molecule has 84 valence electrons. The van der Waals surface area contributed by atoms with Gasteiger partial charge in [-0.15, -0.1) is 11.3 Å². The van der Waals surface area contributed by atoms with Crippen molar-refractivity contribution in [1.29, 1.82) is 0 Å². The zero-order valence-corrected chi connectivity index (χ0v) is 10.4.